The SMILES string of the molecule is Cc1nn(CC(=O)NCCc2cccs2)c(=O)c2c(-n3cccc3)n(-c3ccc(Cl)cc3)nc12. The van der Waals surface area contributed by atoms with Crippen molar-refractivity contribution >= 4 is 39.7 Å². The maximum absolute atomic E-state index is 13.5. The lowest BCUT2D eigenvalue weighted by molar-refractivity contribution is -0.121. The van der Waals surface area contributed by atoms with Gasteiger partial charge in [0.1, 0.15) is 17.4 Å². The number of benzene rings is 1. The molecule has 4 aromatic heterocycles. The van der Waals surface area contributed by atoms with E-state index in [1.807, 2.05) is 58.7 Å². The molecule has 0 aliphatic carbocycles. The van der Waals surface area contributed by atoms with Crippen LogP contribution in [0.4, 0.5) is 0 Å². The van der Waals surface area contributed by atoms with Gasteiger partial charge in [-0.15, -0.1) is 11.3 Å². The normalized spacial score (nSPS) is 11.2. The minimum Gasteiger partial charge on any atom is -0.354 e. The van der Waals surface area contributed by atoms with Crippen LogP contribution >= 0.6 is 22.9 Å². The number of amides is 1. The number of rotatable bonds is 7. The first-order valence-corrected chi connectivity index (χ1v) is 12.0. The van der Waals surface area contributed by atoms with Gasteiger partial charge in [-0.25, -0.2) is 9.36 Å². The van der Waals surface area contributed by atoms with Crippen LogP contribution in [0.3, 0.4) is 0 Å². The molecule has 5 rings (SSSR count). The molecule has 0 bridgehead atoms. The summed E-state index contributed by atoms with van der Waals surface area (Å²) in [6, 6.07) is 15.0. The second-order valence-corrected chi connectivity index (χ2v) is 9.22. The summed E-state index contributed by atoms with van der Waals surface area (Å²) in [4.78, 5) is 27.3. The molecule has 0 spiro atoms. The molecule has 0 aliphatic rings. The van der Waals surface area contributed by atoms with Gasteiger partial charge < -0.3 is 9.88 Å². The van der Waals surface area contributed by atoms with Crippen molar-refractivity contribution in [2.45, 2.75) is 19.9 Å². The summed E-state index contributed by atoms with van der Waals surface area (Å²) in [5.74, 6) is 0.308. The summed E-state index contributed by atoms with van der Waals surface area (Å²) in [6.45, 7) is 2.11. The molecule has 34 heavy (non-hydrogen) atoms. The Bertz CT molecular complexity index is 1500. The quantitative estimate of drug-likeness (QED) is 0.375. The zero-order chi connectivity index (χ0) is 23.7. The fraction of sp³-hybridized carbons (Fsp3) is 0.167. The van der Waals surface area contributed by atoms with Crippen LogP contribution in [0.1, 0.15) is 10.6 Å². The Morgan fingerprint density at radius 1 is 1.09 bits per heavy atom. The summed E-state index contributed by atoms with van der Waals surface area (Å²) in [5, 5.41) is 15.0. The summed E-state index contributed by atoms with van der Waals surface area (Å²) in [6.07, 6.45) is 4.44. The molecule has 1 N–H and O–H groups in total. The Labute approximate surface area is 204 Å². The number of carbonyl (C=O) groups excluding carboxylic acids is 1. The maximum atomic E-state index is 13.5. The molecule has 1 aromatic carbocycles. The number of nitrogens with zero attached hydrogens (tertiary/aromatic N) is 5. The number of nitrogens with one attached hydrogen (secondary N) is 1. The molecule has 0 fully saturated rings. The zero-order valence-corrected chi connectivity index (χ0v) is 19.9. The molecular formula is C24H21ClN6O2S. The monoisotopic (exact) mass is 492 g/mol. The van der Waals surface area contributed by atoms with Crippen LogP contribution in [0.25, 0.3) is 22.4 Å². The van der Waals surface area contributed by atoms with E-state index in [2.05, 4.69) is 10.4 Å². The molecule has 0 aliphatic heterocycles. The van der Waals surface area contributed by atoms with E-state index in [1.165, 1.54) is 9.56 Å². The molecule has 0 saturated carbocycles. The van der Waals surface area contributed by atoms with Gasteiger partial charge in [-0.1, -0.05) is 17.7 Å². The van der Waals surface area contributed by atoms with Gasteiger partial charge in [-0.2, -0.15) is 10.2 Å². The predicted octanol–water partition coefficient (Wildman–Crippen LogP) is 3.76. The van der Waals surface area contributed by atoms with Gasteiger partial charge in [0.15, 0.2) is 5.82 Å². The van der Waals surface area contributed by atoms with Gasteiger partial charge in [-0.05, 0) is 61.2 Å². The average Bonchev–Trinajstić information content (AvgIpc) is 3.58. The molecule has 4 heterocycles. The Morgan fingerprint density at radius 3 is 2.56 bits per heavy atom. The lowest BCUT2D eigenvalue weighted by Crippen LogP contribution is -2.35. The van der Waals surface area contributed by atoms with Crippen LogP contribution in [0, 0.1) is 6.92 Å². The van der Waals surface area contributed by atoms with Gasteiger partial charge in [0, 0.05) is 28.8 Å². The smallest absolute Gasteiger partial charge is 0.280 e. The standard InChI is InChI=1S/C24H21ClN6O2S/c1-16-22-21(24(33)30(27-16)15-20(32)26-11-10-19-5-4-14-34-19)23(29-12-2-3-13-29)31(28-22)18-8-6-17(25)7-9-18/h2-9,12-14H,10-11,15H2,1H3,(H,26,32). The van der Waals surface area contributed by atoms with Crippen LogP contribution in [0.5, 0.6) is 0 Å². The second-order valence-electron chi connectivity index (χ2n) is 7.75. The lowest BCUT2D eigenvalue weighted by atomic mass is 10.2. The van der Waals surface area contributed by atoms with Crippen molar-refractivity contribution in [2.75, 3.05) is 6.54 Å². The number of fused-ring (bicyclic) bond motifs is 1. The zero-order valence-electron chi connectivity index (χ0n) is 18.3. The van der Waals surface area contributed by atoms with Gasteiger partial charge in [0.05, 0.1) is 11.4 Å². The summed E-state index contributed by atoms with van der Waals surface area (Å²) < 4.78 is 4.73. The maximum Gasteiger partial charge on any atom is 0.280 e. The van der Waals surface area contributed by atoms with Gasteiger partial charge >= 0.3 is 0 Å². The fourth-order valence-electron chi connectivity index (χ4n) is 3.82. The van der Waals surface area contributed by atoms with Crippen LogP contribution in [0.15, 0.2) is 71.1 Å². The number of hydrogen-bond donors (Lipinski definition) is 1. The topological polar surface area (TPSA) is 86.7 Å². The predicted molar refractivity (Wildman–Crippen MR) is 133 cm³/mol. The van der Waals surface area contributed by atoms with Crippen molar-refractivity contribution in [3.63, 3.8) is 0 Å². The minimum atomic E-state index is -0.377. The van der Waals surface area contributed by atoms with Gasteiger partial charge in [-0.3, -0.25) is 9.59 Å². The average molecular weight is 493 g/mol. The first kappa shape index (κ1) is 22.1. The molecule has 8 nitrogen and oxygen atoms in total. The summed E-state index contributed by atoms with van der Waals surface area (Å²) in [5.41, 5.74) is 1.42. The number of hydrogen-bond acceptors (Lipinski definition) is 5. The highest BCUT2D eigenvalue weighted by molar-refractivity contribution is 7.09. The molecule has 0 radical (unpaired) electrons. The number of aryl methyl sites for hydroxylation is 1. The van der Waals surface area contributed by atoms with E-state index in [-0.39, 0.29) is 18.0 Å². The summed E-state index contributed by atoms with van der Waals surface area (Å²) in [7, 11) is 0. The van der Waals surface area contributed by atoms with Crippen molar-refractivity contribution in [1.82, 2.24) is 29.4 Å². The third-order valence-electron chi connectivity index (χ3n) is 5.41. The molecule has 0 atom stereocenters. The Hall–Kier alpha value is -3.69. The molecule has 10 heteroatoms. The fourth-order valence-corrected chi connectivity index (χ4v) is 4.65. The minimum absolute atomic E-state index is 0.169. The Balaban J connectivity index is 1.53. The van der Waals surface area contributed by atoms with Crippen LogP contribution in [0.2, 0.25) is 5.02 Å². The van der Waals surface area contributed by atoms with E-state index in [4.69, 9.17) is 16.7 Å². The molecule has 0 saturated heterocycles. The van der Waals surface area contributed by atoms with Gasteiger partial charge in [0.2, 0.25) is 5.91 Å². The Morgan fingerprint density at radius 2 is 1.85 bits per heavy atom. The van der Waals surface area contributed by atoms with Crippen molar-refractivity contribution in [1.29, 1.82) is 0 Å². The summed E-state index contributed by atoms with van der Waals surface area (Å²) >= 11 is 7.71. The van der Waals surface area contributed by atoms with Crippen LogP contribution < -0.4 is 10.9 Å². The Kier molecular flexibility index (Phi) is 6.04. The highest BCUT2D eigenvalue weighted by Crippen LogP contribution is 2.25. The van der Waals surface area contributed by atoms with E-state index in [0.29, 0.717) is 34.0 Å². The second kappa shape index (κ2) is 9.28. The first-order chi connectivity index (χ1) is 16.5. The van der Waals surface area contributed by atoms with Crippen LogP contribution in [-0.2, 0) is 17.8 Å². The highest BCUT2D eigenvalue weighted by atomic mass is 35.5. The third kappa shape index (κ3) is 4.27. The molecule has 1 amide bonds. The van der Waals surface area contributed by atoms with Crippen LogP contribution in [-0.4, -0.2) is 36.6 Å². The van der Waals surface area contributed by atoms with Crippen molar-refractivity contribution < 1.29 is 4.79 Å². The molecule has 0 unspecified atom stereocenters. The van der Waals surface area contributed by atoms with Crippen molar-refractivity contribution in [3.05, 3.63) is 92.3 Å². The molecular weight excluding hydrogens is 472 g/mol. The van der Waals surface area contributed by atoms with Crippen molar-refractivity contribution in [3.8, 4) is 11.5 Å². The third-order valence-corrected chi connectivity index (χ3v) is 6.60. The highest BCUT2D eigenvalue weighted by Gasteiger charge is 2.22. The van der Waals surface area contributed by atoms with E-state index >= 15 is 0 Å². The van der Waals surface area contributed by atoms with E-state index in [0.717, 1.165) is 12.1 Å². The van der Waals surface area contributed by atoms with Gasteiger partial charge in [0.25, 0.3) is 5.56 Å². The van der Waals surface area contributed by atoms with Crippen molar-refractivity contribution in [2.24, 2.45) is 0 Å². The molecule has 172 valence electrons. The largest absolute Gasteiger partial charge is 0.354 e. The number of carbonyl (C=O) groups is 1. The van der Waals surface area contributed by atoms with E-state index in [1.54, 1.807) is 35.1 Å². The number of aromatic nitrogens is 5. The van der Waals surface area contributed by atoms with E-state index in [9.17, 15) is 9.59 Å². The number of thiophene rings is 1. The first-order valence-electron chi connectivity index (χ1n) is 10.7. The lowest BCUT2D eigenvalue weighted by Gasteiger charge is -2.10. The number of halogens is 1. The van der Waals surface area contributed by atoms with E-state index < -0.39 is 0 Å². The molecule has 5 aromatic rings.